The molecule has 0 aromatic heterocycles. The molecule has 0 aromatic rings. The lowest BCUT2D eigenvalue weighted by Gasteiger charge is -2.65. The molecule has 2 spiro atoms. The lowest BCUT2D eigenvalue weighted by Crippen LogP contribution is -2.65. The second kappa shape index (κ2) is 13.2. The molecule has 8 rings (SSSR count). The van der Waals surface area contributed by atoms with E-state index < -0.39 is 96.8 Å². The van der Waals surface area contributed by atoms with Crippen LogP contribution in [0, 0.1) is 44.8 Å². The van der Waals surface area contributed by atoms with E-state index >= 15 is 0 Å². The van der Waals surface area contributed by atoms with Crippen LogP contribution in [0.25, 0.3) is 0 Å². The summed E-state index contributed by atoms with van der Waals surface area (Å²) in [5.74, 6) is -0.215. The first kappa shape index (κ1) is 41.2. The summed E-state index contributed by atoms with van der Waals surface area (Å²) in [4.78, 5) is 0. The quantitative estimate of drug-likeness (QED) is 0.162. The van der Waals surface area contributed by atoms with Gasteiger partial charge in [0.05, 0.1) is 48.8 Å². The van der Waals surface area contributed by atoms with Gasteiger partial charge in [-0.25, -0.2) is 0 Å². The molecule has 3 saturated heterocycles. The third kappa shape index (κ3) is 5.70. The molecule has 3 aliphatic heterocycles. The van der Waals surface area contributed by atoms with E-state index in [0.717, 1.165) is 32.1 Å². The molecular weight excluding hydrogens is 716 g/mol. The van der Waals surface area contributed by atoms with E-state index in [1.54, 1.807) is 13.8 Å². The maximum atomic E-state index is 12.2. The van der Waals surface area contributed by atoms with E-state index in [4.69, 9.17) is 23.7 Å². The first-order valence-corrected chi connectivity index (χ1v) is 20.9. The molecule has 5 aliphatic carbocycles. The fourth-order valence-corrected chi connectivity index (χ4v) is 14.9. The van der Waals surface area contributed by atoms with Crippen LogP contribution >= 0.6 is 0 Å². The molecule has 14 nitrogen and oxygen atoms in total. The fourth-order valence-electron chi connectivity index (χ4n) is 14.9. The molecule has 0 aromatic carbocycles. The summed E-state index contributed by atoms with van der Waals surface area (Å²) in [6.45, 7) is 13.8. The maximum absolute atomic E-state index is 12.2. The molecule has 5 saturated carbocycles. The Balaban J connectivity index is 1.15. The summed E-state index contributed by atoms with van der Waals surface area (Å²) in [5.41, 5.74) is -3.16. The van der Waals surface area contributed by atoms with E-state index in [9.17, 15) is 46.0 Å². The van der Waals surface area contributed by atoms with E-state index in [1.165, 1.54) is 0 Å². The molecular formula is C41H68O14. The summed E-state index contributed by atoms with van der Waals surface area (Å²) < 4.78 is 31.9. The lowest BCUT2D eigenvalue weighted by atomic mass is 9.41. The van der Waals surface area contributed by atoms with E-state index in [0.29, 0.717) is 25.7 Å². The summed E-state index contributed by atoms with van der Waals surface area (Å²) >= 11 is 0. The number of ether oxygens (including phenoxy) is 5. The minimum absolute atomic E-state index is 0.0633. The number of fused-ring (bicyclic) bond motifs is 2. The molecule has 316 valence electrons. The van der Waals surface area contributed by atoms with Crippen molar-refractivity contribution in [3.63, 3.8) is 0 Å². The molecule has 3 heterocycles. The largest absolute Gasteiger partial charge is 0.394 e. The van der Waals surface area contributed by atoms with Crippen molar-refractivity contribution in [1.29, 1.82) is 0 Å². The minimum Gasteiger partial charge on any atom is -0.394 e. The van der Waals surface area contributed by atoms with Crippen LogP contribution in [0.2, 0.25) is 0 Å². The van der Waals surface area contributed by atoms with Crippen molar-refractivity contribution in [1.82, 2.24) is 0 Å². The van der Waals surface area contributed by atoms with E-state index in [2.05, 4.69) is 34.6 Å². The van der Waals surface area contributed by atoms with Gasteiger partial charge in [-0.05, 0) is 117 Å². The first-order chi connectivity index (χ1) is 25.5. The number of hydrogen-bond acceptors (Lipinski definition) is 14. The van der Waals surface area contributed by atoms with Gasteiger partial charge < -0.3 is 69.6 Å². The number of rotatable bonds is 7. The van der Waals surface area contributed by atoms with Crippen molar-refractivity contribution < 1.29 is 69.6 Å². The molecule has 55 heavy (non-hydrogen) atoms. The third-order valence-corrected chi connectivity index (χ3v) is 17.6. The minimum atomic E-state index is -1.60. The molecule has 0 radical (unpaired) electrons. The molecule has 14 heteroatoms. The van der Waals surface area contributed by atoms with E-state index in [1.807, 2.05) is 0 Å². The van der Waals surface area contributed by atoms with Crippen LogP contribution in [-0.2, 0) is 23.7 Å². The van der Waals surface area contributed by atoms with Crippen molar-refractivity contribution in [2.24, 2.45) is 44.8 Å². The van der Waals surface area contributed by atoms with Gasteiger partial charge in [0.15, 0.2) is 12.6 Å². The highest BCUT2D eigenvalue weighted by molar-refractivity contribution is 5.33. The SMILES string of the molecule is CC(C)(O)[C@@H]1CC[C@](C)([C@@H]2[C@@H](O)C[C@@]3(C)[C@@H]4C[C@H](O[C@@H]5O[C@H](CO)[C@@H](O)[C@H](O)[C@@H]5O)[C@H]5C(C)(C)[C@@H](O[C@@H]6OC[C@@H](O)[C@H](O)[C@@H]6O)CC[C@@]56C[C@@]46CC[C@]23C)O1. The van der Waals surface area contributed by atoms with Gasteiger partial charge in [0, 0.05) is 5.92 Å². The van der Waals surface area contributed by atoms with Crippen LogP contribution < -0.4 is 0 Å². The number of aliphatic hydroxyl groups is 9. The monoisotopic (exact) mass is 784 g/mol. The Morgan fingerprint density at radius 1 is 0.709 bits per heavy atom. The van der Waals surface area contributed by atoms with Gasteiger partial charge >= 0.3 is 0 Å². The Kier molecular flexibility index (Phi) is 9.90. The highest BCUT2D eigenvalue weighted by Gasteiger charge is 2.85. The van der Waals surface area contributed by atoms with Crippen molar-refractivity contribution in [3.8, 4) is 0 Å². The zero-order valence-electron chi connectivity index (χ0n) is 33.6. The molecule has 21 atom stereocenters. The van der Waals surface area contributed by atoms with Crippen molar-refractivity contribution in [3.05, 3.63) is 0 Å². The molecule has 8 fully saturated rings. The normalized spacial score (nSPS) is 58.7. The molecule has 9 N–H and O–H groups in total. The van der Waals surface area contributed by atoms with E-state index in [-0.39, 0.29) is 52.1 Å². The predicted octanol–water partition coefficient (Wildman–Crippen LogP) is 0.724. The summed E-state index contributed by atoms with van der Waals surface area (Å²) in [6.07, 6.45) is -7.48. The van der Waals surface area contributed by atoms with Gasteiger partial charge in [-0.15, -0.1) is 0 Å². The van der Waals surface area contributed by atoms with Crippen LogP contribution in [0.5, 0.6) is 0 Å². The highest BCUT2D eigenvalue weighted by Crippen LogP contribution is 2.89. The smallest absolute Gasteiger partial charge is 0.186 e. The van der Waals surface area contributed by atoms with Gasteiger partial charge in [-0.1, -0.05) is 27.7 Å². The van der Waals surface area contributed by atoms with Crippen LogP contribution in [0.15, 0.2) is 0 Å². The number of aliphatic hydroxyl groups excluding tert-OH is 8. The predicted molar refractivity (Wildman–Crippen MR) is 194 cm³/mol. The summed E-state index contributed by atoms with van der Waals surface area (Å²) in [7, 11) is 0. The topological polar surface area (TPSA) is 228 Å². The van der Waals surface area contributed by atoms with Gasteiger partial charge in [0.1, 0.15) is 42.7 Å². The zero-order valence-corrected chi connectivity index (χ0v) is 33.6. The van der Waals surface area contributed by atoms with Crippen LogP contribution in [0.4, 0.5) is 0 Å². The average Bonchev–Trinajstić information content (AvgIpc) is 3.47. The lowest BCUT2D eigenvalue weighted by molar-refractivity contribution is -0.339. The first-order valence-electron chi connectivity index (χ1n) is 20.9. The molecule has 0 bridgehead atoms. The Morgan fingerprint density at radius 2 is 1.40 bits per heavy atom. The van der Waals surface area contributed by atoms with Gasteiger partial charge in [-0.2, -0.15) is 0 Å². The van der Waals surface area contributed by atoms with Gasteiger partial charge in [-0.3, -0.25) is 0 Å². The Bertz CT molecular complexity index is 1460. The third-order valence-electron chi connectivity index (χ3n) is 17.6. The summed E-state index contributed by atoms with van der Waals surface area (Å²) in [5, 5.41) is 97.2. The average molecular weight is 785 g/mol. The Labute approximate surface area is 324 Å². The highest BCUT2D eigenvalue weighted by atomic mass is 16.7. The molecule has 8 aliphatic rings. The molecule has 0 amide bonds. The Hall–Kier alpha value is -0.560. The Morgan fingerprint density at radius 3 is 2.05 bits per heavy atom. The van der Waals surface area contributed by atoms with Crippen molar-refractivity contribution in [2.45, 2.75) is 197 Å². The second-order valence-electron chi connectivity index (χ2n) is 21.1. The van der Waals surface area contributed by atoms with Crippen molar-refractivity contribution in [2.75, 3.05) is 13.2 Å². The summed E-state index contributed by atoms with van der Waals surface area (Å²) in [6, 6.07) is 0. The van der Waals surface area contributed by atoms with Crippen LogP contribution in [-0.4, -0.2) is 150 Å². The molecule has 0 unspecified atom stereocenters. The maximum Gasteiger partial charge on any atom is 0.186 e. The fraction of sp³-hybridized carbons (Fsp3) is 1.00. The van der Waals surface area contributed by atoms with Gasteiger partial charge in [0.2, 0.25) is 0 Å². The van der Waals surface area contributed by atoms with Gasteiger partial charge in [0.25, 0.3) is 0 Å². The zero-order chi connectivity index (χ0) is 40.1. The number of hydrogen-bond donors (Lipinski definition) is 9. The van der Waals surface area contributed by atoms with Crippen molar-refractivity contribution >= 4 is 0 Å². The van der Waals surface area contributed by atoms with Crippen LogP contribution in [0.1, 0.15) is 106 Å². The van der Waals surface area contributed by atoms with Crippen LogP contribution in [0.3, 0.4) is 0 Å². The standard InChI is InChI=1S/C41H68O14/c1-35(2)24(54-33-29(48)26(45)20(44)17-51-33)9-11-41-18-40(41)13-12-37(5)31(39(7)10-8-25(55-39)36(3,4)50)19(43)15-38(37,6)23(40)14-21(32(35)41)52-34-30(49)28(47)27(46)22(16-42)53-34/h19-34,42-50H,8-18H2,1-7H3/t19-,20+,21-,22+,23-,24-,25-,26-,27+,28-,29-,30-,31+,32-,33-,34+,37+,38-,39+,40-,41+/m0/s1. The second-order valence-corrected chi connectivity index (χ2v) is 21.1.